The van der Waals surface area contributed by atoms with Gasteiger partial charge < -0.3 is 20.7 Å². The molecule has 1 saturated heterocycles. The van der Waals surface area contributed by atoms with Crippen molar-refractivity contribution in [1.29, 1.82) is 0 Å². The number of hydrogen-bond acceptors (Lipinski definition) is 3. The molecule has 1 aliphatic heterocycles. The fraction of sp³-hybridized carbons (Fsp3) is 0.882. The molecule has 3 atom stereocenters. The molecule has 6 heteroatoms. The summed E-state index contributed by atoms with van der Waals surface area (Å²) in [6.07, 6.45) is 3.56. The van der Waals surface area contributed by atoms with Gasteiger partial charge in [0.05, 0.1) is 5.60 Å². The van der Waals surface area contributed by atoms with E-state index >= 15 is 0 Å². The zero-order valence-corrected chi connectivity index (χ0v) is 15.2. The number of amides is 1. The Morgan fingerprint density at radius 3 is 2.65 bits per heavy atom. The average Bonchev–Trinajstić information content (AvgIpc) is 2.50. The topological polar surface area (TPSA) is 80.0 Å². The van der Waals surface area contributed by atoms with E-state index in [0.717, 1.165) is 38.3 Å². The number of methoxy groups -OCH3 is 1. The number of hydrogen-bond donors (Lipinski definition) is 2. The Kier molecular flexibility index (Phi) is 5.23. The van der Waals surface area contributed by atoms with E-state index in [-0.39, 0.29) is 16.9 Å². The molecule has 2 aliphatic rings. The summed E-state index contributed by atoms with van der Waals surface area (Å²) >= 11 is 0. The number of nitrogens with zero attached hydrogens (tertiary/aromatic N) is 2. The molecule has 1 saturated carbocycles. The van der Waals surface area contributed by atoms with Crippen LogP contribution < -0.4 is 11.1 Å². The minimum atomic E-state index is -0.212. The second-order valence-electron chi connectivity index (χ2n) is 7.73. The van der Waals surface area contributed by atoms with Crippen molar-refractivity contribution in [3.05, 3.63) is 0 Å². The van der Waals surface area contributed by atoms with Gasteiger partial charge in [-0.25, -0.2) is 0 Å². The average molecular weight is 324 g/mol. The molecule has 2 rings (SSSR count). The van der Waals surface area contributed by atoms with Crippen LogP contribution in [0.15, 0.2) is 4.99 Å². The van der Waals surface area contributed by atoms with E-state index in [2.05, 4.69) is 36.0 Å². The molecule has 23 heavy (non-hydrogen) atoms. The summed E-state index contributed by atoms with van der Waals surface area (Å²) in [5, 5.41) is 3.61. The molecule has 3 unspecified atom stereocenters. The van der Waals surface area contributed by atoms with Gasteiger partial charge in [0, 0.05) is 45.1 Å². The van der Waals surface area contributed by atoms with Crippen LogP contribution in [-0.4, -0.2) is 55.7 Å². The van der Waals surface area contributed by atoms with Crippen LogP contribution in [0.1, 0.15) is 46.5 Å². The van der Waals surface area contributed by atoms with Crippen LogP contribution in [0.3, 0.4) is 0 Å². The maximum absolute atomic E-state index is 11.2. The Hall–Kier alpha value is -1.30. The van der Waals surface area contributed by atoms with E-state index in [4.69, 9.17) is 10.5 Å². The van der Waals surface area contributed by atoms with Crippen LogP contribution in [0, 0.1) is 11.3 Å². The molecule has 1 amide bonds. The van der Waals surface area contributed by atoms with Crippen molar-refractivity contribution in [3.63, 3.8) is 0 Å². The molecule has 1 aliphatic carbocycles. The SMILES string of the molecule is CN=C(NC1CC(C)(OC)C1(C)C)N1CCCC(CC(N)=O)C1. The minimum Gasteiger partial charge on any atom is -0.378 e. The standard InChI is InChI=1S/C17H32N4O2/c1-16(2)13(10-17(16,3)23-5)20-15(19-4)21-8-6-7-12(11-21)9-14(18)22/h12-13H,6-11H2,1-5H3,(H2,18,22)(H,19,20). The Bertz CT molecular complexity index is 477. The molecule has 132 valence electrons. The normalized spacial score (nSPS) is 34.0. The lowest BCUT2D eigenvalue weighted by molar-refractivity contribution is -0.177. The first kappa shape index (κ1) is 18.0. The van der Waals surface area contributed by atoms with Crippen molar-refractivity contribution in [2.45, 2.75) is 58.1 Å². The van der Waals surface area contributed by atoms with Crippen LogP contribution in [0.2, 0.25) is 0 Å². The highest BCUT2D eigenvalue weighted by molar-refractivity contribution is 5.81. The van der Waals surface area contributed by atoms with Gasteiger partial charge in [-0.05, 0) is 32.1 Å². The second-order valence-corrected chi connectivity index (χ2v) is 7.73. The fourth-order valence-corrected chi connectivity index (χ4v) is 3.88. The summed E-state index contributed by atoms with van der Waals surface area (Å²) in [5.74, 6) is 1.05. The van der Waals surface area contributed by atoms with Gasteiger partial charge in [0.2, 0.25) is 5.91 Å². The van der Waals surface area contributed by atoms with E-state index in [1.165, 1.54) is 0 Å². The second kappa shape index (κ2) is 6.67. The summed E-state index contributed by atoms with van der Waals surface area (Å²) in [5.41, 5.74) is 5.30. The Balaban J connectivity index is 1.97. The highest BCUT2D eigenvalue weighted by Gasteiger charge is 2.58. The van der Waals surface area contributed by atoms with Crippen molar-refractivity contribution in [2.75, 3.05) is 27.2 Å². The molecule has 0 bridgehead atoms. The number of aliphatic imine (C=N–C) groups is 1. The molecule has 3 N–H and O–H groups in total. The van der Waals surface area contributed by atoms with E-state index in [9.17, 15) is 4.79 Å². The van der Waals surface area contributed by atoms with Gasteiger partial charge in [0.25, 0.3) is 0 Å². The van der Waals surface area contributed by atoms with E-state index in [1.54, 1.807) is 7.11 Å². The zero-order valence-electron chi connectivity index (χ0n) is 15.2. The number of nitrogens with two attached hydrogens (primary N) is 1. The molecule has 0 spiro atoms. The molecule has 0 radical (unpaired) electrons. The van der Waals surface area contributed by atoms with E-state index < -0.39 is 0 Å². The Labute approximate surface area is 139 Å². The van der Waals surface area contributed by atoms with Crippen LogP contribution in [0.25, 0.3) is 0 Å². The van der Waals surface area contributed by atoms with Gasteiger partial charge in [0.15, 0.2) is 5.96 Å². The third kappa shape index (κ3) is 3.47. The molecular weight excluding hydrogens is 292 g/mol. The number of ether oxygens (including phenoxy) is 1. The predicted octanol–water partition coefficient (Wildman–Crippen LogP) is 1.35. The number of carbonyl (C=O) groups is 1. The monoisotopic (exact) mass is 324 g/mol. The minimum absolute atomic E-state index is 0.0418. The smallest absolute Gasteiger partial charge is 0.217 e. The number of rotatable bonds is 4. The molecule has 2 fully saturated rings. The van der Waals surface area contributed by atoms with Crippen LogP contribution in [0.4, 0.5) is 0 Å². The van der Waals surface area contributed by atoms with Crippen molar-refractivity contribution in [2.24, 2.45) is 22.1 Å². The summed E-state index contributed by atoms with van der Waals surface area (Å²) < 4.78 is 5.70. The fourth-order valence-electron chi connectivity index (χ4n) is 3.88. The largest absolute Gasteiger partial charge is 0.378 e. The molecule has 6 nitrogen and oxygen atoms in total. The number of primary amides is 1. The van der Waals surface area contributed by atoms with Gasteiger partial charge in [-0.15, -0.1) is 0 Å². The maximum atomic E-state index is 11.2. The number of piperidine rings is 1. The lowest BCUT2D eigenvalue weighted by Gasteiger charge is -2.59. The molecule has 0 aromatic rings. The van der Waals surface area contributed by atoms with Crippen molar-refractivity contribution in [3.8, 4) is 0 Å². The van der Waals surface area contributed by atoms with Gasteiger partial charge in [0.1, 0.15) is 0 Å². The first-order valence-electron chi connectivity index (χ1n) is 8.55. The van der Waals surface area contributed by atoms with Crippen LogP contribution in [0.5, 0.6) is 0 Å². The molecule has 0 aromatic heterocycles. The highest BCUT2D eigenvalue weighted by Crippen LogP contribution is 2.51. The summed E-state index contributed by atoms with van der Waals surface area (Å²) in [7, 11) is 3.60. The highest BCUT2D eigenvalue weighted by atomic mass is 16.5. The predicted molar refractivity (Wildman–Crippen MR) is 92.2 cm³/mol. The third-order valence-corrected chi connectivity index (χ3v) is 6.10. The zero-order chi connectivity index (χ0) is 17.3. The molecular formula is C17H32N4O2. The lowest BCUT2D eigenvalue weighted by Crippen LogP contribution is -2.69. The Morgan fingerprint density at radius 1 is 1.43 bits per heavy atom. The van der Waals surface area contributed by atoms with Gasteiger partial charge in [-0.3, -0.25) is 9.79 Å². The van der Waals surface area contributed by atoms with E-state index in [1.807, 2.05) is 7.05 Å². The first-order valence-corrected chi connectivity index (χ1v) is 8.55. The van der Waals surface area contributed by atoms with Crippen LogP contribution in [-0.2, 0) is 9.53 Å². The summed E-state index contributed by atoms with van der Waals surface area (Å²) in [6.45, 7) is 8.45. The molecule has 0 aromatic carbocycles. The van der Waals surface area contributed by atoms with Crippen LogP contribution >= 0.6 is 0 Å². The first-order chi connectivity index (χ1) is 10.7. The van der Waals surface area contributed by atoms with Crippen molar-refractivity contribution >= 4 is 11.9 Å². The summed E-state index contributed by atoms with van der Waals surface area (Å²) in [6, 6.07) is 0.336. The Morgan fingerprint density at radius 2 is 2.13 bits per heavy atom. The third-order valence-electron chi connectivity index (χ3n) is 6.10. The summed E-state index contributed by atoms with van der Waals surface area (Å²) in [4.78, 5) is 17.9. The quantitative estimate of drug-likeness (QED) is 0.604. The number of guanidine groups is 1. The number of likely N-dealkylation sites (tertiary alicyclic amines) is 1. The maximum Gasteiger partial charge on any atom is 0.217 e. The van der Waals surface area contributed by atoms with Crippen molar-refractivity contribution < 1.29 is 9.53 Å². The lowest BCUT2D eigenvalue weighted by atomic mass is 9.56. The van der Waals surface area contributed by atoms with Gasteiger partial charge >= 0.3 is 0 Å². The van der Waals surface area contributed by atoms with Gasteiger partial charge in [-0.1, -0.05) is 13.8 Å². The van der Waals surface area contributed by atoms with Gasteiger partial charge in [-0.2, -0.15) is 0 Å². The number of carbonyl (C=O) groups excluding carboxylic acids is 1. The molecule has 1 heterocycles. The van der Waals surface area contributed by atoms with E-state index in [0.29, 0.717) is 18.4 Å². The number of nitrogens with one attached hydrogen (secondary N) is 1. The van der Waals surface area contributed by atoms with Crippen molar-refractivity contribution in [1.82, 2.24) is 10.2 Å².